The number of carbonyl (C=O) groups is 2. The Kier molecular flexibility index (Phi) is 9.81. The van der Waals surface area contributed by atoms with Crippen LogP contribution < -0.4 is 5.32 Å². The molecule has 0 saturated heterocycles. The molecule has 2 aromatic rings. The van der Waals surface area contributed by atoms with Gasteiger partial charge in [-0.05, 0) is 32.0 Å². The molecule has 1 aliphatic heterocycles. The highest BCUT2D eigenvalue weighted by molar-refractivity contribution is 6.00. The van der Waals surface area contributed by atoms with Gasteiger partial charge >= 0.3 is 11.9 Å². The van der Waals surface area contributed by atoms with Crippen LogP contribution >= 0.6 is 0 Å². The summed E-state index contributed by atoms with van der Waals surface area (Å²) in [6.45, 7) is 8.72. The van der Waals surface area contributed by atoms with Gasteiger partial charge in [0.15, 0.2) is 0 Å². The highest BCUT2D eigenvalue weighted by atomic mass is 19.1. The third kappa shape index (κ3) is 7.12. The van der Waals surface area contributed by atoms with Crippen molar-refractivity contribution in [2.75, 3.05) is 27.3 Å². The van der Waals surface area contributed by atoms with E-state index in [9.17, 15) is 19.7 Å². The second kappa shape index (κ2) is 12.9. The summed E-state index contributed by atoms with van der Waals surface area (Å²) >= 11 is 0. The van der Waals surface area contributed by atoms with E-state index in [0.717, 1.165) is 23.8 Å². The van der Waals surface area contributed by atoms with Gasteiger partial charge in [0.05, 0.1) is 35.7 Å². The SMILES string of the molecule is CCC1=C(C(=O)OC)C(c2cc([N+](=O)[O-])ccc2F)C(C(=O)OCC(C)(C)CN(C)Cc2ccccc2)=C(C)N1. The third-order valence-electron chi connectivity index (χ3n) is 6.71. The number of halogens is 1. The fourth-order valence-corrected chi connectivity index (χ4v) is 5.04. The number of ether oxygens (including phenoxy) is 2. The van der Waals surface area contributed by atoms with Gasteiger partial charge in [0.1, 0.15) is 5.82 Å². The van der Waals surface area contributed by atoms with Crippen LogP contribution in [0, 0.1) is 21.3 Å². The van der Waals surface area contributed by atoms with Crippen molar-refractivity contribution >= 4 is 17.6 Å². The zero-order chi connectivity index (χ0) is 29.6. The lowest BCUT2D eigenvalue weighted by Crippen LogP contribution is -2.37. The Morgan fingerprint density at radius 1 is 1.12 bits per heavy atom. The Labute approximate surface area is 233 Å². The number of benzene rings is 2. The van der Waals surface area contributed by atoms with E-state index in [0.29, 0.717) is 30.9 Å². The molecule has 0 saturated carbocycles. The molecule has 0 aliphatic carbocycles. The number of rotatable bonds is 11. The van der Waals surface area contributed by atoms with Crippen molar-refractivity contribution < 1.29 is 28.4 Å². The molecule has 0 fully saturated rings. The van der Waals surface area contributed by atoms with Gasteiger partial charge in [-0.25, -0.2) is 14.0 Å². The minimum atomic E-state index is -1.26. The molecule has 1 atom stereocenters. The van der Waals surface area contributed by atoms with E-state index in [2.05, 4.69) is 10.2 Å². The first-order valence-corrected chi connectivity index (χ1v) is 13.0. The van der Waals surface area contributed by atoms with Crippen LogP contribution in [0.3, 0.4) is 0 Å². The van der Waals surface area contributed by atoms with Crippen molar-refractivity contribution in [3.63, 3.8) is 0 Å². The first kappa shape index (κ1) is 30.5. The van der Waals surface area contributed by atoms with Crippen molar-refractivity contribution in [2.24, 2.45) is 5.41 Å². The largest absolute Gasteiger partial charge is 0.466 e. The molecule has 0 bridgehead atoms. The molecule has 1 N–H and O–H groups in total. The van der Waals surface area contributed by atoms with E-state index in [1.807, 2.05) is 51.2 Å². The van der Waals surface area contributed by atoms with Gasteiger partial charge in [-0.3, -0.25) is 10.1 Å². The number of hydrogen-bond donors (Lipinski definition) is 1. The minimum absolute atomic E-state index is 0.00352. The van der Waals surface area contributed by atoms with Gasteiger partial charge < -0.3 is 19.7 Å². The second-order valence-electron chi connectivity index (χ2n) is 10.7. The van der Waals surface area contributed by atoms with Crippen molar-refractivity contribution in [1.82, 2.24) is 10.2 Å². The molecule has 0 aromatic heterocycles. The van der Waals surface area contributed by atoms with Crippen molar-refractivity contribution in [3.8, 4) is 0 Å². The summed E-state index contributed by atoms with van der Waals surface area (Å²) in [4.78, 5) is 39.6. The normalized spacial score (nSPS) is 15.7. The van der Waals surface area contributed by atoms with Crippen LogP contribution in [0.5, 0.6) is 0 Å². The predicted octanol–water partition coefficient (Wildman–Crippen LogP) is 5.23. The summed E-state index contributed by atoms with van der Waals surface area (Å²) in [5.41, 5.74) is 0.943. The number of nitro benzene ring substituents is 1. The Bertz CT molecular complexity index is 1340. The molecular formula is C30H36FN3O6. The molecule has 0 spiro atoms. The molecule has 40 heavy (non-hydrogen) atoms. The predicted molar refractivity (Wildman–Crippen MR) is 148 cm³/mol. The van der Waals surface area contributed by atoms with Crippen molar-refractivity contribution in [1.29, 1.82) is 0 Å². The first-order valence-electron chi connectivity index (χ1n) is 13.0. The maximum atomic E-state index is 15.3. The lowest BCUT2D eigenvalue weighted by molar-refractivity contribution is -0.385. The molecule has 10 heteroatoms. The smallest absolute Gasteiger partial charge is 0.336 e. The topological polar surface area (TPSA) is 111 Å². The second-order valence-corrected chi connectivity index (χ2v) is 10.7. The summed E-state index contributed by atoms with van der Waals surface area (Å²) in [5.74, 6) is -3.59. The average Bonchev–Trinajstić information content (AvgIpc) is 2.91. The highest BCUT2D eigenvalue weighted by Crippen LogP contribution is 2.42. The molecular weight excluding hydrogens is 517 g/mol. The molecule has 214 valence electrons. The van der Waals surface area contributed by atoms with Gasteiger partial charge in [-0.15, -0.1) is 0 Å². The van der Waals surface area contributed by atoms with Crippen LogP contribution in [0.15, 0.2) is 71.1 Å². The van der Waals surface area contributed by atoms with Gasteiger partial charge in [0.25, 0.3) is 5.69 Å². The summed E-state index contributed by atoms with van der Waals surface area (Å²) in [6.07, 6.45) is 0.345. The molecule has 1 unspecified atom stereocenters. The van der Waals surface area contributed by atoms with E-state index >= 15 is 4.39 Å². The fraction of sp³-hybridized carbons (Fsp3) is 0.400. The molecule has 0 amide bonds. The van der Waals surface area contributed by atoms with Crippen molar-refractivity contribution in [2.45, 2.75) is 46.6 Å². The standard InChI is InChI=1S/C30H36FN3O6/c1-7-24-27(28(35)39-6)26(22-15-21(34(37)38)13-14-23(22)31)25(19(2)32-24)29(36)40-18-30(3,4)17-33(5)16-20-11-9-8-10-12-20/h8-15,26,32H,7,16-18H2,1-6H3. The summed E-state index contributed by atoms with van der Waals surface area (Å²) in [6, 6.07) is 13.0. The van der Waals surface area contributed by atoms with Crippen LogP contribution in [-0.2, 0) is 25.6 Å². The number of nitrogens with zero attached hydrogens (tertiary/aromatic N) is 2. The van der Waals surface area contributed by atoms with E-state index in [1.165, 1.54) is 7.11 Å². The number of nitrogens with one attached hydrogen (secondary N) is 1. The first-order chi connectivity index (χ1) is 18.9. The Morgan fingerprint density at radius 2 is 1.80 bits per heavy atom. The van der Waals surface area contributed by atoms with E-state index in [-0.39, 0.29) is 29.0 Å². The molecule has 0 radical (unpaired) electrons. The Balaban J connectivity index is 1.93. The monoisotopic (exact) mass is 553 g/mol. The zero-order valence-corrected chi connectivity index (χ0v) is 23.7. The lowest BCUT2D eigenvalue weighted by atomic mass is 9.79. The number of dihydropyridines is 1. The number of esters is 2. The fourth-order valence-electron chi connectivity index (χ4n) is 5.04. The van der Waals surface area contributed by atoms with E-state index < -0.39 is 34.0 Å². The molecule has 1 heterocycles. The van der Waals surface area contributed by atoms with Crippen LogP contribution in [0.1, 0.15) is 51.2 Å². The van der Waals surface area contributed by atoms with Gasteiger partial charge in [-0.2, -0.15) is 0 Å². The number of nitro groups is 1. The quantitative estimate of drug-likeness (QED) is 0.229. The molecule has 2 aromatic carbocycles. The van der Waals surface area contributed by atoms with Crippen LogP contribution in [-0.4, -0.2) is 49.1 Å². The summed E-state index contributed by atoms with van der Waals surface area (Å²) in [7, 11) is 3.16. The van der Waals surface area contributed by atoms with Crippen LogP contribution in [0.2, 0.25) is 0 Å². The minimum Gasteiger partial charge on any atom is -0.466 e. The van der Waals surface area contributed by atoms with Gasteiger partial charge in [0, 0.05) is 47.6 Å². The maximum Gasteiger partial charge on any atom is 0.336 e. The number of methoxy groups -OCH3 is 1. The van der Waals surface area contributed by atoms with Crippen LogP contribution in [0.25, 0.3) is 0 Å². The van der Waals surface area contributed by atoms with Gasteiger partial charge in [-0.1, -0.05) is 51.1 Å². The molecule has 9 nitrogen and oxygen atoms in total. The number of carbonyl (C=O) groups excluding carboxylic acids is 2. The highest BCUT2D eigenvalue weighted by Gasteiger charge is 2.40. The van der Waals surface area contributed by atoms with Crippen LogP contribution in [0.4, 0.5) is 10.1 Å². The summed E-state index contributed by atoms with van der Waals surface area (Å²) in [5, 5.41) is 14.6. The summed E-state index contributed by atoms with van der Waals surface area (Å²) < 4.78 is 26.0. The van der Waals surface area contributed by atoms with Gasteiger partial charge in [0.2, 0.25) is 0 Å². The Morgan fingerprint density at radius 3 is 2.40 bits per heavy atom. The van der Waals surface area contributed by atoms with E-state index in [4.69, 9.17) is 9.47 Å². The number of hydrogen-bond acceptors (Lipinski definition) is 8. The van der Waals surface area contributed by atoms with E-state index in [1.54, 1.807) is 13.8 Å². The molecule has 1 aliphatic rings. The zero-order valence-electron chi connectivity index (χ0n) is 23.7. The maximum absolute atomic E-state index is 15.3. The number of non-ortho nitro benzene ring substituents is 1. The number of allylic oxidation sites excluding steroid dienone is 2. The van der Waals surface area contributed by atoms with Crippen molar-refractivity contribution in [3.05, 3.63) is 98.1 Å². The average molecular weight is 554 g/mol. The lowest BCUT2D eigenvalue weighted by Gasteiger charge is -2.33. The molecule has 3 rings (SSSR count). The third-order valence-corrected chi connectivity index (χ3v) is 6.71. The Hall–Kier alpha value is -4.05.